The topological polar surface area (TPSA) is 60.9 Å². The number of rotatable bonds is 3. The predicted octanol–water partition coefficient (Wildman–Crippen LogP) is 3.46. The normalized spacial score (nSPS) is 18.9. The van der Waals surface area contributed by atoms with E-state index in [1.54, 1.807) is 34.3 Å². The maximum Gasteiger partial charge on any atom is 0.243 e. The van der Waals surface area contributed by atoms with Gasteiger partial charge in [-0.15, -0.1) is 0 Å². The standard InChI is InChI=1S/C24H31N3O3S/c1-17-6-7-18(2)23(14-17)25-10-12-26(13-11-25)31(29,30)20-8-9-22-21(15-20)24(4,5)16-27(22)19(3)28/h6-9,14-15H,10-13,16H2,1-5H3. The van der Waals surface area contributed by atoms with Gasteiger partial charge in [0.1, 0.15) is 0 Å². The van der Waals surface area contributed by atoms with Gasteiger partial charge in [0.2, 0.25) is 15.9 Å². The van der Waals surface area contributed by atoms with E-state index in [1.807, 2.05) is 13.8 Å². The van der Waals surface area contributed by atoms with Gasteiger partial charge >= 0.3 is 0 Å². The molecule has 1 saturated heterocycles. The molecule has 0 atom stereocenters. The van der Waals surface area contributed by atoms with Gasteiger partial charge < -0.3 is 9.80 Å². The molecule has 6 nitrogen and oxygen atoms in total. The summed E-state index contributed by atoms with van der Waals surface area (Å²) in [6, 6.07) is 11.6. The molecule has 0 N–H and O–H groups in total. The molecule has 0 radical (unpaired) electrons. The van der Waals surface area contributed by atoms with Crippen LogP contribution in [0.3, 0.4) is 0 Å². The van der Waals surface area contributed by atoms with Crippen LogP contribution in [0.4, 0.5) is 11.4 Å². The molecule has 2 aliphatic rings. The Morgan fingerprint density at radius 3 is 2.26 bits per heavy atom. The van der Waals surface area contributed by atoms with Crippen LogP contribution in [0, 0.1) is 13.8 Å². The van der Waals surface area contributed by atoms with Crippen LogP contribution in [0.15, 0.2) is 41.3 Å². The minimum Gasteiger partial charge on any atom is -0.369 e. The van der Waals surface area contributed by atoms with Crippen molar-refractivity contribution >= 4 is 27.3 Å². The van der Waals surface area contributed by atoms with Crippen molar-refractivity contribution in [3.8, 4) is 0 Å². The van der Waals surface area contributed by atoms with Gasteiger partial charge in [0.25, 0.3) is 0 Å². The molecule has 7 heteroatoms. The number of sulfonamides is 1. The number of piperazine rings is 1. The van der Waals surface area contributed by atoms with Crippen LogP contribution in [0.1, 0.15) is 37.5 Å². The molecule has 0 saturated carbocycles. The van der Waals surface area contributed by atoms with Gasteiger partial charge in [-0.25, -0.2) is 8.42 Å². The number of anilines is 2. The van der Waals surface area contributed by atoms with Crippen molar-refractivity contribution in [2.24, 2.45) is 0 Å². The molecule has 0 spiro atoms. The fraction of sp³-hybridized carbons (Fsp3) is 0.458. The Morgan fingerprint density at radius 2 is 1.61 bits per heavy atom. The summed E-state index contributed by atoms with van der Waals surface area (Å²) in [6.45, 7) is 12.6. The van der Waals surface area contributed by atoms with Crippen molar-refractivity contribution in [3.05, 3.63) is 53.1 Å². The molecule has 166 valence electrons. The van der Waals surface area contributed by atoms with Crippen molar-refractivity contribution < 1.29 is 13.2 Å². The largest absolute Gasteiger partial charge is 0.369 e. The highest BCUT2D eigenvalue weighted by Gasteiger charge is 2.38. The lowest BCUT2D eigenvalue weighted by molar-refractivity contribution is -0.116. The second-order valence-corrected chi connectivity index (χ2v) is 11.3. The van der Waals surface area contributed by atoms with E-state index in [4.69, 9.17) is 0 Å². The molecule has 0 aromatic heterocycles. The maximum absolute atomic E-state index is 13.4. The van der Waals surface area contributed by atoms with Crippen LogP contribution in [-0.2, 0) is 20.2 Å². The molecule has 2 heterocycles. The molecule has 2 aromatic rings. The molecule has 4 rings (SSSR count). The average Bonchev–Trinajstić information content (AvgIpc) is 3.01. The second-order valence-electron chi connectivity index (χ2n) is 9.35. The molecule has 0 aliphatic carbocycles. The monoisotopic (exact) mass is 441 g/mol. The zero-order valence-corrected chi connectivity index (χ0v) is 19.8. The number of amides is 1. The lowest BCUT2D eigenvalue weighted by Gasteiger charge is -2.36. The molecule has 0 unspecified atom stereocenters. The van der Waals surface area contributed by atoms with Gasteiger partial charge in [-0.1, -0.05) is 26.0 Å². The Bertz CT molecular complexity index is 1130. The van der Waals surface area contributed by atoms with Crippen LogP contribution in [0.2, 0.25) is 0 Å². The summed E-state index contributed by atoms with van der Waals surface area (Å²) in [5.41, 5.74) is 5.04. The van der Waals surface area contributed by atoms with Crippen LogP contribution in [0.25, 0.3) is 0 Å². The fourth-order valence-corrected chi connectivity index (χ4v) is 6.13. The van der Waals surface area contributed by atoms with Gasteiger partial charge in [-0.05, 0) is 54.8 Å². The summed E-state index contributed by atoms with van der Waals surface area (Å²) in [4.78, 5) is 16.3. The second kappa shape index (κ2) is 7.64. The van der Waals surface area contributed by atoms with Gasteiger partial charge in [-0.3, -0.25) is 4.79 Å². The molecular weight excluding hydrogens is 410 g/mol. The molecular formula is C24H31N3O3S. The number of carbonyl (C=O) groups excluding carboxylic acids is 1. The number of nitrogens with zero attached hydrogens (tertiary/aromatic N) is 3. The van der Waals surface area contributed by atoms with E-state index in [9.17, 15) is 13.2 Å². The zero-order chi connectivity index (χ0) is 22.6. The van der Waals surface area contributed by atoms with Crippen molar-refractivity contribution in [1.82, 2.24) is 4.31 Å². The number of benzene rings is 2. The van der Waals surface area contributed by atoms with Crippen molar-refractivity contribution in [2.45, 2.75) is 44.9 Å². The number of fused-ring (bicyclic) bond motifs is 1. The molecule has 2 aromatic carbocycles. The lowest BCUT2D eigenvalue weighted by atomic mass is 9.87. The maximum atomic E-state index is 13.4. The van der Waals surface area contributed by atoms with Gasteiger partial charge in [0.05, 0.1) is 4.90 Å². The zero-order valence-electron chi connectivity index (χ0n) is 19.0. The van der Waals surface area contributed by atoms with Gasteiger partial charge in [0, 0.05) is 56.4 Å². The van der Waals surface area contributed by atoms with Crippen LogP contribution in [0.5, 0.6) is 0 Å². The third-order valence-electron chi connectivity index (χ3n) is 6.50. The van der Waals surface area contributed by atoms with Crippen molar-refractivity contribution in [1.29, 1.82) is 0 Å². The van der Waals surface area contributed by atoms with Gasteiger partial charge in [-0.2, -0.15) is 4.31 Å². The number of hydrogen-bond acceptors (Lipinski definition) is 4. The molecule has 1 amide bonds. The summed E-state index contributed by atoms with van der Waals surface area (Å²) in [7, 11) is -3.59. The summed E-state index contributed by atoms with van der Waals surface area (Å²) in [6.07, 6.45) is 0. The highest BCUT2D eigenvalue weighted by molar-refractivity contribution is 7.89. The van der Waals surface area contributed by atoms with Crippen molar-refractivity contribution in [2.75, 3.05) is 42.5 Å². The van der Waals surface area contributed by atoms with Gasteiger partial charge in [0.15, 0.2) is 0 Å². The van der Waals surface area contributed by atoms with Crippen LogP contribution in [-0.4, -0.2) is 51.4 Å². The van der Waals surface area contributed by atoms with E-state index in [1.165, 1.54) is 16.8 Å². The third kappa shape index (κ3) is 3.85. The first-order chi connectivity index (χ1) is 14.5. The third-order valence-corrected chi connectivity index (χ3v) is 8.40. The molecule has 0 bridgehead atoms. The SMILES string of the molecule is CC(=O)N1CC(C)(C)c2cc(S(=O)(=O)N3CCN(c4cc(C)ccc4C)CC3)ccc21. The first kappa shape index (κ1) is 21.8. The van der Waals surface area contributed by atoms with E-state index in [2.05, 4.69) is 36.9 Å². The van der Waals surface area contributed by atoms with E-state index < -0.39 is 10.0 Å². The van der Waals surface area contributed by atoms with E-state index in [-0.39, 0.29) is 11.3 Å². The minimum absolute atomic E-state index is 0.0232. The Balaban J connectivity index is 1.57. The average molecular weight is 442 g/mol. The summed E-state index contributed by atoms with van der Waals surface area (Å²) in [5.74, 6) is -0.0232. The first-order valence-electron chi connectivity index (χ1n) is 10.8. The van der Waals surface area contributed by atoms with E-state index in [0.717, 1.165) is 11.3 Å². The van der Waals surface area contributed by atoms with E-state index in [0.29, 0.717) is 37.6 Å². The Morgan fingerprint density at radius 1 is 0.935 bits per heavy atom. The number of carbonyl (C=O) groups is 1. The summed E-state index contributed by atoms with van der Waals surface area (Å²) < 4.78 is 28.4. The minimum atomic E-state index is -3.59. The Labute approximate surface area is 185 Å². The number of aryl methyl sites for hydroxylation is 2. The quantitative estimate of drug-likeness (QED) is 0.732. The summed E-state index contributed by atoms with van der Waals surface area (Å²) in [5, 5.41) is 0. The van der Waals surface area contributed by atoms with Crippen LogP contribution < -0.4 is 9.80 Å². The molecule has 1 fully saturated rings. The van der Waals surface area contributed by atoms with E-state index >= 15 is 0 Å². The Hall–Kier alpha value is -2.38. The van der Waals surface area contributed by atoms with Crippen molar-refractivity contribution in [3.63, 3.8) is 0 Å². The summed E-state index contributed by atoms with van der Waals surface area (Å²) >= 11 is 0. The highest BCUT2D eigenvalue weighted by atomic mass is 32.2. The highest BCUT2D eigenvalue weighted by Crippen LogP contribution is 2.42. The Kier molecular flexibility index (Phi) is 5.38. The van der Waals surface area contributed by atoms with Crippen LogP contribution >= 0.6 is 0 Å². The number of hydrogen-bond donors (Lipinski definition) is 0. The molecule has 31 heavy (non-hydrogen) atoms. The lowest BCUT2D eigenvalue weighted by Crippen LogP contribution is -2.48. The predicted molar refractivity (Wildman–Crippen MR) is 124 cm³/mol. The first-order valence-corrected chi connectivity index (χ1v) is 12.2. The smallest absolute Gasteiger partial charge is 0.243 e. The molecule has 2 aliphatic heterocycles. The fourth-order valence-electron chi connectivity index (χ4n) is 4.68.